The van der Waals surface area contributed by atoms with Gasteiger partial charge in [-0.15, -0.1) is 0 Å². The number of carbonyl (C=O) groups is 1. The maximum Gasteiger partial charge on any atom is 0.416 e. The summed E-state index contributed by atoms with van der Waals surface area (Å²) in [6.45, 7) is 4.95. The Morgan fingerprint density at radius 2 is 1.78 bits per heavy atom. The van der Waals surface area contributed by atoms with E-state index in [1.54, 1.807) is 0 Å². The maximum atomic E-state index is 13.0. The van der Waals surface area contributed by atoms with Crippen molar-refractivity contribution in [1.82, 2.24) is 15.1 Å². The fourth-order valence-electron chi connectivity index (χ4n) is 4.51. The quantitative estimate of drug-likeness (QED) is 0.764. The topological polar surface area (TPSA) is 38.8 Å². The smallest absolute Gasteiger partial charge is 0.374 e. The zero-order chi connectivity index (χ0) is 22.9. The third-order valence-corrected chi connectivity index (χ3v) is 6.50. The molecule has 8 heteroatoms. The number of benzene rings is 2. The average molecular weight is 447 g/mol. The number of piperazine rings is 1. The van der Waals surface area contributed by atoms with Crippen molar-refractivity contribution >= 4 is 11.6 Å². The number of hydrogen-bond donors (Lipinski definition) is 1. The molecule has 5 nitrogen and oxygen atoms in total. The molecule has 2 aliphatic rings. The number of amides is 1. The fraction of sp³-hybridized carbons (Fsp3) is 0.458. The van der Waals surface area contributed by atoms with E-state index < -0.39 is 17.6 Å². The molecule has 1 amide bonds. The van der Waals surface area contributed by atoms with Gasteiger partial charge in [0.05, 0.1) is 11.6 Å². The van der Waals surface area contributed by atoms with Crippen LogP contribution in [0.2, 0.25) is 0 Å². The van der Waals surface area contributed by atoms with E-state index in [2.05, 4.69) is 52.3 Å². The first kappa shape index (κ1) is 22.6. The van der Waals surface area contributed by atoms with Crippen LogP contribution in [0, 0.1) is 0 Å². The van der Waals surface area contributed by atoms with Crippen molar-refractivity contribution in [3.63, 3.8) is 0 Å². The lowest BCUT2D eigenvalue weighted by Gasteiger charge is -2.38. The highest BCUT2D eigenvalue weighted by atomic mass is 19.4. The molecule has 0 aliphatic carbocycles. The number of nitrogens with zero attached hydrogens (tertiary/aromatic N) is 3. The van der Waals surface area contributed by atoms with Crippen LogP contribution in [0.1, 0.15) is 33.1 Å². The molecule has 0 saturated carbocycles. The maximum absolute atomic E-state index is 13.0. The van der Waals surface area contributed by atoms with Gasteiger partial charge in [0.1, 0.15) is 0 Å². The molecule has 0 bridgehead atoms. The highest BCUT2D eigenvalue weighted by Gasteiger charge is 2.31. The summed E-state index contributed by atoms with van der Waals surface area (Å²) in [7, 11) is 4.17. The van der Waals surface area contributed by atoms with E-state index in [1.807, 2.05) is 0 Å². The molecule has 2 aliphatic heterocycles. The summed E-state index contributed by atoms with van der Waals surface area (Å²) >= 11 is 0. The molecule has 0 aromatic heterocycles. The molecule has 1 N–H and O–H groups in total. The van der Waals surface area contributed by atoms with E-state index in [0.717, 1.165) is 56.8 Å². The molecular weight excluding hydrogens is 417 g/mol. The number of rotatable bonds is 5. The van der Waals surface area contributed by atoms with E-state index in [4.69, 9.17) is 0 Å². The Hall–Kier alpha value is -2.58. The van der Waals surface area contributed by atoms with E-state index in [-0.39, 0.29) is 11.6 Å². The number of likely N-dealkylation sites (N-methyl/N-ethyl adjacent to an activating group) is 2. The molecule has 2 aromatic carbocycles. The highest BCUT2D eigenvalue weighted by Crippen LogP contribution is 2.32. The standard InChI is InChI=1S/C24H29F3N4O/c1-29-10-12-31(13-11-29)22(17-6-7-21-18(14-17)8-9-30(21)2)16-28-23(32)19-4-3-5-20(15-19)24(25,26)27/h3-7,14-15,22H,8-13,16H2,1-2H3,(H,28,32)/t22-/m1/s1. The van der Waals surface area contributed by atoms with Crippen LogP contribution >= 0.6 is 0 Å². The van der Waals surface area contributed by atoms with Gasteiger partial charge in [0, 0.05) is 57.6 Å². The second-order valence-corrected chi connectivity index (χ2v) is 8.70. The van der Waals surface area contributed by atoms with Gasteiger partial charge in [0.25, 0.3) is 5.91 Å². The van der Waals surface area contributed by atoms with Gasteiger partial charge >= 0.3 is 6.18 Å². The number of alkyl halides is 3. The lowest BCUT2D eigenvalue weighted by atomic mass is 10.00. The van der Waals surface area contributed by atoms with Crippen molar-refractivity contribution in [2.75, 3.05) is 58.3 Å². The van der Waals surface area contributed by atoms with Gasteiger partial charge in [-0.2, -0.15) is 13.2 Å². The lowest BCUT2D eigenvalue weighted by molar-refractivity contribution is -0.137. The second-order valence-electron chi connectivity index (χ2n) is 8.70. The summed E-state index contributed by atoms with van der Waals surface area (Å²) < 4.78 is 39.1. The number of hydrogen-bond acceptors (Lipinski definition) is 4. The van der Waals surface area contributed by atoms with Crippen LogP contribution in [-0.4, -0.2) is 69.1 Å². The Balaban J connectivity index is 1.53. The Morgan fingerprint density at radius 3 is 2.50 bits per heavy atom. The van der Waals surface area contributed by atoms with Crippen LogP contribution in [0.4, 0.5) is 18.9 Å². The molecule has 2 heterocycles. The number of fused-ring (bicyclic) bond motifs is 1. The summed E-state index contributed by atoms with van der Waals surface area (Å²) in [5.74, 6) is -0.490. The zero-order valence-electron chi connectivity index (χ0n) is 18.5. The van der Waals surface area contributed by atoms with Crippen molar-refractivity contribution in [3.8, 4) is 0 Å². The molecule has 0 unspecified atom stereocenters. The van der Waals surface area contributed by atoms with Crippen molar-refractivity contribution < 1.29 is 18.0 Å². The summed E-state index contributed by atoms with van der Waals surface area (Å²) in [4.78, 5) is 19.6. The molecule has 0 spiro atoms. The van der Waals surface area contributed by atoms with Crippen molar-refractivity contribution in [2.45, 2.75) is 18.6 Å². The molecule has 1 saturated heterocycles. The molecule has 1 atom stereocenters. The van der Waals surface area contributed by atoms with Crippen LogP contribution in [0.15, 0.2) is 42.5 Å². The first-order valence-electron chi connectivity index (χ1n) is 10.9. The highest BCUT2D eigenvalue weighted by molar-refractivity contribution is 5.94. The molecular formula is C24H29F3N4O. The van der Waals surface area contributed by atoms with E-state index in [1.165, 1.54) is 23.4 Å². The lowest BCUT2D eigenvalue weighted by Crippen LogP contribution is -2.48. The van der Waals surface area contributed by atoms with E-state index >= 15 is 0 Å². The predicted molar refractivity (Wildman–Crippen MR) is 119 cm³/mol. The van der Waals surface area contributed by atoms with E-state index in [0.29, 0.717) is 6.54 Å². The van der Waals surface area contributed by atoms with Gasteiger partial charge in [-0.1, -0.05) is 18.2 Å². The molecule has 4 rings (SSSR count). The zero-order valence-corrected chi connectivity index (χ0v) is 18.5. The first-order chi connectivity index (χ1) is 15.2. The molecule has 172 valence electrons. The van der Waals surface area contributed by atoms with Gasteiger partial charge in [-0.25, -0.2) is 0 Å². The van der Waals surface area contributed by atoms with Gasteiger partial charge in [-0.05, 0) is 48.9 Å². The number of halogens is 3. The van der Waals surface area contributed by atoms with Gasteiger partial charge < -0.3 is 15.1 Å². The molecule has 32 heavy (non-hydrogen) atoms. The summed E-state index contributed by atoms with van der Waals surface area (Å²) in [5, 5.41) is 2.89. The van der Waals surface area contributed by atoms with Crippen LogP contribution in [0.25, 0.3) is 0 Å². The van der Waals surface area contributed by atoms with Gasteiger partial charge in [0.15, 0.2) is 0 Å². The Bertz CT molecular complexity index is 970. The van der Waals surface area contributed by atoms with Gasteiger partial charge in [0.2, 0.25) is 0 Å². The third kappa shape index (κ3) is 4.91. The van der Waals surface area contributed by atoms with Crippen molar-refractivity contribution in [2.24, 2.45) is 0 Å². The summed E-state index contributed by atoms with van der Waals surface area (Å²) in [5.41, 5.74) is 2.87. The van der Waals surface area contributed by atoms with Crippen molar-refractivity contribution in [1.29, 1.82) is 0 Å². The predicted octanol–water partition coefficient (Wildman–Crippen LogP) is 3.42. The second kappa shape index (κ2) is 9.11. The third-order valence-electron chi connectivity index (χ3n) is 6.50. The van der Waals surface area contributed by atoms with E-state index in [9.17, 15) is 18.0 Å². The first-order valence-corrected chi connectivity index (χ1v) is 10.9. The number of nitrogens with one attached hydrogen (secondary N) is 1. The van der Waals surface area contributed by atoms with Crippen LogP contribution in [0.5, 0.6) is 0 Å². The SMILES string of the molecule is CN1CCN([C@H](CNC(=O)c2cccc(C(F)(F)F)c2)c2ccc3c(c2)CCN3C)CC1. The minimum Gasteiger partial charge on any atom is -0.374 e. The Kier molecular flexibility index (Phi) is 6.44. The monoisotopic (exact) mass is 446 g/mol. The number of carbonyl (C=O) groups excluding carboxylic acids is 1. The summed E-state index contributed by atoms with van der Waals surface area (Å²) in [6, 6.07) is 11.0. The largest absolute Gasteiger partial charge is 0.416 e. The Morgan fingerprint density at radius 1 is 1.03 bits per heavy atom. The minimum absolute atomic E-state index is 0.0209. The molecule has 1 fully saturated rings. The Labute approximate surface area is 186 Å². The summed E-state index contributed by atoms with van der Waals surface area (Å²) in [6.07, 6.45) is -3.48. The molecule has 2 aromatic rings. The van der Waals surface area contributed by atoms with Crippen molar-refractivity contribution in [3.05, 3.63) is 64.7 Å². The van der Waals surface area contributed by atoms with Crippen LogP contribution in [-0.2, 0) is 12.6 Å². The van der Waals surface area contributed by atoms with Crippen LogP contribution < -0.4 is 10.2 Å². The fourth-order valence-corrected chi connectivity index (χ4v) is 4.51. The minimum atomic E-state index is -4.48. The van der Waals surface area contributed by atoms with Gasteiger partial charge in [-0.3, -0.25) is 9.69 Å². The number of anilines is 1. The van der Waals surface area contributed by atoms with Crippen LogP contribution in [0.3, 0.4) is 0 Å². The normalized spacial score (nSPS) is 18.5. The average Bonchev–Trinajstić information content (AvgIpc) is 3.14. The molecule has 0 radical (unpaired) electrons.